The molecule has 0 radical (unpaired) electrons. The fourth-order valence-corrected chi connectivity index (χ4v) is 2.49. The van der Waals surface area contributed by atoms with Crippen molar-refractivity contribution in [3.8, 4) is 0 Å². The molecular formula is C13H21N5S. The summed E-state index contributed by atoms with van der Waals surface area (Å²) >= 11 is 1.75. The molecule has 2 aromatic rings. The number of likely N-dealkylation sites (N-methyl/N-ethyl adjacent to an activating group) is 1. The lowest BCUT2D eigenvalue weighted by molar-refractivity contribution is 0.304. The molecule has 0 amide bonds. The smallest absolute Gasteiger partial charge is 0.0964 e. The van der Waals surface area contributed by atoms with Gasteiger partial charge in [-0.05, 0) is 36.0 Å². The largest absolute Gasteiger partial charge is 0.311 e. The predicted molar refractivity (Wildman–Crippen MR) is 78.1 cm³/mol. The molecule has 0 saturated heterocycles. The Hall–Kier alpha value is -1.24. The van der Waals surface area contributed by atoms with Crippen molar-refractivity contribution in [3.05, 3.63) is 34.3 Å². The molecule has 0 bridgehead atoms. The topological polar surface area (TPSA) is 46.0 Å². The average Bonchev–Trinajstić information content (AvgIpc) is 3.05. The number of thiophene rings is 1. The number of rotatable bonds is 8. The highest BCUT2D eigenvalue weighted by molar-refractivity contribution is 7.07. The maximum absolute atomic E-state index is 4.14. The van der Waals surface area contributed by atoms with Crippen LogP contribution in [-0.2, 0) is 19.6 Å². The van der Waals surface area contributed by atoms with Crippen molar-refractivity contribution in [2.45, 2.75) is 26.6 Å². The molecule has 2 aromatic heterocycles. The summed E-state index contributed by atoms with van der Waals surface area (Å²) in [6, 6.07) is 2.17. The molecule has 0 aliphatic rings. The van der Waals surface area contributed by atoms with Crippen molar-refractivity contribution < 1.29 is 0 Å². The Bertz CT molecular complexity index is 465. The maximum atomic E-state index is 4.14. The number of nitrogens with one attached hydrogen (secondary N) is 1. The van der Waals surface area contributed by atoms with Crippen molar-refractivity contribution in [3.63, 3.8) is 0 Å². The molecule has 0 atom stereocenters. The maximum Gasteiger partial charge on any atom is 0.0964 e. The molecule has 2 rings (SSSR count). The van der Waals surface area contributed by atoms with Crippen LogP contribution in [-0.4, -0.2) is 40.0 Å². The fourth-order valence-electron chi connectivity index (χ4n) is 1.83. The molecule has 0 fully saturated rings. The van der Waals surface area contributed by atoms with Crippen molar-refractivity contribution in [1.82, 2.24) is 25.2 Å². The zero-order valence-electron chi connectivity index (χ0n) is 11.5. The molecule has 104 valence electrons. The van der Waals surface area contributed by atoms with Gasteiger partial charge in [-0.2, -0.15) is 11.3 Å². The van der Waals surface area contributed by atoms with E-state index >= 15 is 0 Å². The normalized spacial score (nSPS) is 11.3. The summed E-state index contributed by atoms with van der Waals surface area (Å²) in [7, 11) is 2.13. The van der Waals surface area contributed by atoms with Crippen LogP contribution in [0.15, 0.2) is 23.0 Å². The quantitative estimate of drug-likeness (QED) is 0.797. The van der Waals surface area contributed by atoms with Crippen LogP contribution in [0, 0.1) is 0 Å². The Balaban J connectivity index is 1.73. The Morgan fingerprint density at radius 2 is 2.37 bits per heavy atom. The standard InChI is InChI=1S/C13H21N5S/c1-3-14-8-13-10-18(16-15-13)6-5-17(2)9-12-4-7-19-11-12/h4,7,10-11,14H,3,5-6,8-9H2,1-2H3. The predicted octanol–water partition coefficient (Wildman–Crippen LogP) is 1.58. The van der Waals surface area contributed by atoms with Gasteiger partial charge in [-0.25, -0.2) is 0 Å². The van der Waals surface area contributed by atoms with E-state index in [2.05, 4.69) is 51.3 Å². The van der Waals surface area contributed by atoms with Crippen LogP contribution in [0.1, 0.15) is 18.2 Å². The van der Waals surface area contributed by atoms with E-state index in [0.717, 1.165) is 38.4 Å². The van der Waals surface area contributed by atoms with Gasteiger partial charge in [0.15, 0.2) is 0 Å². The minimum absolute atomic E-state index is 0.793. The van der Waals surface area contributed by atoms with Gasteiger partial charge in [-0.15, -0.1) is 5.10 Å². The first kappa shape index (κ1) is 14.2. The highest BCUT2D eigenvalue weighted by Crippen LogP contribution is 2.08. The number of aromatic nitrogens is 3. The van der Waals surface area contributed by atoms with Crippen molar-refractivity contribution >= 4 is 11.3 Å². The summed E-state index contributed by atoms with van der Waals surface area (Å²) in [5, 5.41) is 15.8. The first-order chi connectivity index (χ1) is 9.28. The summed E-state index contributed by atoms with van der Waals surface area (Å²) in [5.41, 5.74) is 2.38. The fraction of sp³-hybridized carbons (Fsp3) is 0.538. The second-order valence-corrected chi connectivity index (χ2v) is 5.40. The molecule has 1 N–H and O–H groups in total. The summed E-state index contributed by atoms with van der Waals surface area (Å²) in [4.78, 5) is 2.30. The van der Waals surface area contributed by atoms with E-state index in [4.69, 9.17) is 0 Å². The van der Waals surface area contributed by atoms with Gasteiger partial charge in [0.25, 0.3) is 0 Å². The van der Waals surface area contributed by atoms with E-state index in [1.165, 1.54) is 5.56 Å². The lowest BCUT2D eigenvalue weighted by Gasteiger charge is -2.15. The van der Waals surface area contributed by atoms with Gasteiger partial charge in [0.2, 0.25) is 0 Å². The molecule has 2 heterocycles. The Morgan fingerprint density at radius 1 is 1.47 bits per heavy atom. The Morgan fingerprint density at radius 3 is 3.11 bits per heavy atom. The molecule has 0 unspecified atom stereocenters. The highest BCUT2D eigenvalue weighted by Gasteiger charge is 2.03. The average molecular weight is 279 g/mol. The number of hydrogen-bond acceptors (Lipinski definition) is 5. The first-order valence-corrected chi connectivity index (χ1v) is 7.51. The van der Waals surface area contributed by atoms with Crippen LogP contribution in [0.3, 0.4) is 0 Å². The van der Waals surface area contributed by atoms with Crippen LogP contribution in [0.4, 0.5) is 0 Å². The van der Waals surface area contributed by atoms with Crippen LogP contribution in [0.2, 0.25) is 0 Å². The molecule has 0 saturated carbocycles. The SMILES string of the molecule is CCNCc1cn(CCN(C)Cc2ccsc2)nn1. The lowest BCUT2D eigenvalue weighted by atomic mass is 10.3. The van der Waals surface area contributed by atoms with Gasteiger partial charge in [-0.3, -0.25) is 4.68 Å². The molecule has 5 nitrogen and oxygen atoms in total. The van der Waals surface area contributed by atoms with Gasteiger partial charge in [0.05, 0.1) is 12.2 Å². The Labute approximate surface area is 118 Å². The van der Waals surface area contributed by atoms with Gasteiger partial charge in [-0.1, -0.05) is 12.1 Å². The minimum atomic E-state index is 0.793. The van der Waals surface area contributed by atoms with E-state index in [-0.39, 0.29) is 0 Å². The molecular weight excluding hydrogens is 258 g/mol. The molecule has 0 aromatic carbocycles. The van der Waals surface area contributed by atoms with E-state index in [1.807, 2.05) is 10.9 Å². The first-order valence-electron chi connectivity index (χ1n) is 6.57. The van der Waals surface area contributed by atoms with E-state index < -0.39 is 0 Å². The summed E-state index contributed by atoms with van der Waals surface area (Å²) in [6.07, 6.45) is 2.01. The van der Waals surface area contributed by atoms with Crippen LogP contribution in [0.25, 0.3) is 0 Å². The van der Waals surface area contributed by atoms with Gasteiger partial charge >= 0.3 is 0 Å². The summed E-state index contributed by atoms with van der Waals surface area (Å²) in [5.74, 6) is 0. The van der Waals surface area contributed by atoms with Gasteiger partial charge < -0.3 is 10.2 Å². The number of nitrogens with zero attached hydrogens (tertiary/aromatic N) is 4. The highest BCUT2D eigenvalue weighted by atomic mass is 32.1. The zero-order chi connectivity index (χ0) is 13.5. The summed E-state index contributed by atoms with van der Waals surface area (Å²) in [6.45, 7) is 6.67. The molecule has 6 heteroatoms. The third kappa shape index (κ3) is 4.74. The van der Waals surface area contributed by atoms with Gasteiger partial charge in [0.1, 0.15) is 0 Å². The molecule has 19 heavy (non-hydrogen) atoms. The third-order valence-corrected chi connectivity index (χ3v) is 3.62. The molecule has 0 spiro atoms. The van der Waals surface area contributed by atoms with Gasteiger partial charge in [0, 0.05) is 25.8 Å². The third-order valence-electron chi connectivity index (χ3n) is 2.89. The van der Waals surface area contributed by atoms with Crippen molar-refractivity contribution in [2.75, 3.05) is 20.1 Å². The Kier molecular flexibility index (Phi) is 5.50. The van der Waals surface area contributed by atoms with Crippen LogP contribution < -0.4 is 5.32 Å². The second kappa shape index (κ2) is 7.37. The zero-order valence-corrected chi connectivity index (χ0v) is 12.4. The minimum Gasteiger partial charge on any atom is -0.311 e. The van der Waals surface area contributed by atoms with Crippen molar-refractivity contribution in [1.29, 1.82) is 0 Å². The monoisotopic (exact) mass is 279 g/mol. The van der Waals surface area contributed by atoms with Crippen LogP contribution >= 0.6 is 11.3 Å². The van der Waals surface area contributed by atoms with E-state index in [1.54, 1.807) is 11.3 Å². The van der Waals surface area contributed by atoms with E-state index in [0.29, 0.717) is 0 Å². The molecule has 0 aliphatic carbocycles. The van der Waals surface area contributed by atoms with Crippen molar-refractivity contribution in [2.24, 2.45) is 0 Å². The number of hydrogen-bond donors (Lipinski definition) is 1. The second-order valence-electron chi connectivity index (χ2n) is 4.62. The molecule has 0 aliphatic heterocycles. The van der Waals surface area contributed by atoms with E-state index in [9.17, 15) is 0 Å². The summed E-state index contributed by atoms with van der Waals surface area (Å²) < 4.78 is 1.91. The van der Waals surface area contributed by atoms with Crippen LogP contribution in [0.5, 0.6) is 0 Å². The lowest BCUT2D eigenvalue weighted by Crippen LogP contribution is -2.22.